The van der Waals surface area contributed by atoms with Crippen molar-refractivity contribution in [3.8, 4) is 6.07 Å². The number of nitrogens with two attached hydrogens (primary N) is 1. The van der Waals surface area contributed by atoms with Crippen LogP contribution in [0.4, 0.5) is 5.13 Å². The number of benzene rings is 2. The summed E-state index contributed by atoms with van der Waals surface area (Å²) in [5.74, 6) is 0.564. The molecule has 0 bridgehead atoms. The molecule has 38 heavy (non-hydrogen) atoms. The number of hydrogen-bond acceptors (Lipinski definition) is 9. The maximum atomic E-state index is 13.7. The molecule has 194 valence electrons. The number of ketones is 1. The number of carbonyl (C=O) groups excluding carboxylic acids is 1. The summed E-state index contributed by atoms with van der Waals surface area (Å²) in [6, 6.07) is 18.1. The Balaban J connectivity index is 1.55. The van der Waals surface area contributed by atoms with Crippen LogP contribution in [0.25, 0.3) is 0 Å². The zero-order valence-electron chi connectivity index (χ0n) is 21.2. The van der Waals surface area contributed by atoms with Crippen molar-refractivity contribution in [3.05, 3.63) is 87.3 Å². The monoisotopic (exact) mass is 579 g/mol. The van der Waals surface area contributed by atoms with Crippen molar-refractivity contribution < 1.29 is 4.79 Å². The Bertz CT molecular complexity index is 1490. The minimum atomic E-state index is -0.502. The zero-order valence-corrected chi connectivity index (χ0v) is 24.4. The Morgan fingerprint density at radius 3 is 2.53 bits per heavy atom. The number of anilines is 1. The van der Waals surface area contributed by atoms with Gasteiger partial charge >= 0.3 is 0 Å². The summed E-state index contributed by atoms with van der Waals surface area (Å²) in [4.78, 5) is 16.6. The largest absolute Gasteiger partial charge is 0.384 e. The molecule has 0 saturated heterocycles. The number of rotatable bonds is 6. The van der Waals surface area contributed by atoms with Crippen molar-refractivity contribution in [2.45, 2.75) is 47.6 Å². The molecule has 3 aromatic rings. The molecule has 2 aromatic carbocycles. The van der Waals surface area contributed by atoms with Crippen LogP contribution in [0.15, 0.2) is 80.4 Å². The highest BCUT2D eigenvalue weighted by atomic mass is 35.5. The number of aromatic nitrogens is 2. The van der Waals surface area contributed by atoms with Gasteiger partial charge in [0.05, 0.1) is 17.6 Å². The van der Waals surface area contributed by atoms with Gasteiger partial charge in [-0.15, -0.1) is 22.0 Å². The Morgan fingerprint density at radius 1 is 1.16 bits per heavy atom. The summed E-state index contributed by atoms with van der Waals surface area (Å²) in [6.07, 6.45) is 3.07. The first-order valence-electron chi connectivity index (χ1n) is 12.0. The molecule has 0 unspecified atom stereocenters. The maximum Gasteiger partial charge on any atom is 0.219 e. The molecule has 5 rings (SSSR count). The van der Waals surface area contributed by atoms with E-state index in [1.165, 1.54) is 11.3 Å². The van der Waals surface area contributed by atoms with Crippen LogP contribution in [0.3, 0.4) is 0 Å². The predicted molar refractivity (Wildman–Crippen MR) is 156 cm³/mol. The molecule has 0 amide bonds. The first kappa shape index (κ1) is 26.8. The van der Waals surface area contributed by atoms with Crippen LogP contribution in [0.5, 0.6) is 0 Å². The second kappa shape index (κ2) is 10.8. The van der Waals surface area contributed by atoms with E-state index in [-0.39, 0.29) is 11.2 Å². The quantitative estimate of drug-likeness (QED) is 0.308. The van der Waals surface area contributed by atoms with Crippen LogP contribution >= 0.6 is 46.5 Å². The minimum absolute atomic E-state index is 0.0438. The van der Waals surface area contributed by atoms with Gasteiger partial charge in [-0.3, -0.25) is 9.69 Å². The van der Waals surface area contributed by atoms with Crippen molar-refractivity contribution >= 4 is 57.4 Å². The SMILES string of the molecule is CSc1ccc([C@H]2C(C#N)=C(N)N(c3nnc(SCc4ccc(Cl)cc4)s3)C3=C2C(=O)CC(C)(C)C3)cc1. The fourth-order valence-corrected chi connectivity index (χ4v) is 7.30. The number of halogens is 1. The van der Waals surface area contributed by atoms with Gasteiger partial charge in [-0.05, 0) is 53.5 Å². The molecule has 1 aromatic heterocycles. The highest BCUT2D eigenvalue weighted by molar-refractivity contribution is 8.00. The smallest absolute Gasteiger partial charge is 0.219 e. The molecule has 1 atom stereocenters. The third-order valence-electron chi connectivity index (χ3n) is 6.69. The van der Waals surface area contributed by atoms with E-state index < -0.39 is 5.92 Å². The van der Waals surface area contributed by atoms with Gasteiger partial charge in [0.15, 0.2) is 10.1 Å². The first-order valence-corrected chi connectivity index (χ1v) is 15.4. The van der Waals surface area contributed by atoms with Gasteiger partial charge in [-0.1, -0.05) is 72.8 Å². The minimum Gasteiger partial charge on any atom is -0.384 e. The molecule has 0 radical (unpaired) electrons. The normalized spacial score (nSPS) is 19.0. The molecule has 1 aliphatic heterocycles. The van der Waals surface area contributed by atoms with E-state index in [1.807, 2.05) is 54.8 Å². The van der Waals surface area contributed by atoms with Gasteiger partial charge in [0.2, 0.25) is 5.13 Å². The summed E-state index contributed by atoms with van der Waals surface area (Å²) < 4.78 is 0.777. The summed E-state index contributed by atoms with van der Waals surface area (Å²) in [5.41, 5.74) is 10.3. The van der Waals surface area contributed by atoms with Crippen molar-refractivity contribution in [1.29, 1.82) is 5.26 Å². The Labute approximate surface area is 240 Å². The number of carbonyl (C=O) groups is 1. The van der Waals surface area contributed by atoms with E-state index >= 15 is 0 Å². The van der Waals surface area contributed by atoms with Crippen LogP contribution in [0.1, 0.15) is 43.7 Å². The van der Waals surface area contributed by atoms with Crippen molar-refractivity contribution in [1.82, 2.24) is 10.2 Å². The van der Waals surface area contributed by atoms with E-state index in [4.69, 9.17) is 17.3 Å². The fraction of sp³-hybridized carbons (Fsp3) is 0.286. The Hall–Kier alpha value is -2.77. The van der Waals surface area contributed by atoms with Crippen LogP contribution < -0.4 is 10.6 Å². The van der Waals surface area contributed by atoms with Crippen LogP contribution in [-0.4, -0.2) is 22.2 Å². The lowest BCUT2D eigenvalue weighted by Gasteiger charge is -2.42. The Morgan fingerprint density at radius 2 is 1.87 bits per heavy atom. The number of allylic oxidation sites excluding steroid dienone is 3. The molecule has 2 aliphatic rings. The van der Waals surface area contributed by atoms with Gasteiger partial charge < -0.3 is 5.73 Å². The van der Waals surface area contributed by atoms with Crippen molar-refractivity contribution in [3.63, 3.8) is 0 Å². The fourth-order valence-electron chi connectivity index (χ4n) is 4.93. The zero-order chi connectivity index (χ0) is 27.0. The van der Waals surface area contributed by atoms with Gasteiger partial charge in [0.1, 0.15) is 5.82 Å². The van der Waals surface area contributed by atoms with Gasteiger partial charge in [0, 0.05) is 33.4 Å². The van der Waals surface area contributed by atoms with E-state index in [9.17, 15) is 10.1 Å². The second-order valence-electron chi connectivity index (χ2n) is 10.0. The lowest BCUT2D eigenvalue weighted by atomic mass is 9.69. The van der Waals surface area contributed by atoms with Crippen molar-refractivity contribution in [2.24, 2.45) is 11.1 Å². The topological polar surface area (TPSA) is 95.9 Å². The Kier molecular flexibility index (Phi) is 7.60. The van der Waals surface area contributed by atoms with Crippen molar-refractivity contribution in [2.75, 3.05) is 11.2 Å². The predicted octanol–water partition coefficient (Wildman–Crippen LogP) is 7.15. The van der Waals surface area contributed by atoms with E-state index in [0.717, 1.165) is 26.1 Å². The van der Waals surface area contributed by atoms with Crippen LogP contribution in [-0.2, 0) is 10.5 Å². The average molecular weight is 580 g/mol. The van der Waals surface area contributed by atoms with Gasteiger partial charge in [0.25, 0.3) is 0 Å². The van der Waals surface area contributed by atoms with E-state index in [2.05, 4.69) is 30.1 Å². The standard InChI is InChI=1S/C28H26ClN5OS3/c1-28(2)12-21-24(22(35)13-28)23(17-6-10-19(36-3)11-7-17)20(14-30)25(31)34(21)26-32-33-27(38-26)37-15-16-4-8-18(29)9-5-16/h4-11,23H,12-13,15,31H2,1-3H3/t23-/m0/s1. The number of Topliss-reactive ketones (excluding diaryl/α,β-unsaturated/α-hetero) is 1. The average Bonchev–Trinajstić information content (AvgIpc) is 3.35. The molecular weight excluding hydrogens is 554 g/mol. The maximum absolute atomic E-state index is 13.7. The summed E-state index contributed by atoms with van der Waals surface area (Å²) in [5, 5.41) is 20.4. The van der Waals surface area contributed by atoms with E-state index in [1.54, 1.807) is 28.4 Å². The molecule has 0 fully saturated rings. The highest BCUT2D eigenvalue weighted by Gasteiger charge is 2.45. The lowest BCUT2D eigenvalue weighted by Crippen LogP contribution is -2.42. The number of hydrogen-bond donors (Lipinski definition) is 1. The summed E-state index contributed by atoms with van der Waals surface area (Å²) in [7, 11) is 0. The molecule has 2 heterocycles. The highest BCUT2D eigenvalue weighted by Crippen LogP contribution is 2.50. The molecule has 1 aliphatic carbocycles. The van der Waals surface area contributed by atoms with E-state index in [0.29, 0.717) is 45.7 Å². The molecule has 0 spiro atoms. The molecule has 6 nitrogen and oxygen atoms in total. The number of nitrogens with zero attached hydrogens (tertiary/aromatic N) is 4. The van der Waals surface area contributed by atoms with Crippen LogP contribution in [0, 0.1) is 16.7 Å². The van der Waals surface area contributed by atoms with Gasteiger partial charge in [-0.2, -0.15) is 5.26 Å². The first-order chi connectivity index (χ1) is 18.2. The molecular formula is C28H26ClN5OS3. The summed E-state index contributed by atoms with van der Waals surface area (Å²) in [6.45, 7) is 4.17. The molecule has 10 heteroatoms. The number of thioether (sulfide) groups is 2. The second-order valence-corrected chi connectivity index (χ2v) is 13.5. The third kappa shape index (κ3) is 5.23. The lowest BCUT2D eigenvalue weighted by molar-refractivity contribution is -0.118. The molecule has 2 N–H and O–H groups in total. The number of nitriles is 1. The third-order valence-corrected chi connectivity index (χ3v) is 9.80. The summed E-state index contributed by atoms with van der Waals surface area (Å²) >= 11 is 10.6. The van der Waals surface area contributed by atoms with Gasteiger partial charge in [-0.25, -0.2) is 0 Å². The van der Waals surface area contributed by atoms with Crippen LogP contribution in [0.2, 0.25) is 5.02 Å². The molecule has 0 saturated carbocycles.